The van der Waals surface area contributed by atoms with Crippen LogP contribution in [0.3, 0.4) is 0 Å². The summed E-state index contributed by atoms with van der Waals surface area (Å²) < 4.78 is 13.3. The number of ether oxygens (including phenoxy) is 2. The summed E-state index contributed by atoms with van der Waals surface area (Å²) in [7, 11) is 0. The molecular weight excluding hydrogens is 490 g/mol. The first kappa shape index (κ1) is 24.5. The highest BCUT2D eigenvalue weighted by atomic mass is 32.1. The fourth-order valence-electron chi connectivity index (χ4n) is 4.09. The standard InChI is InChI=1S/C27H27N5O4S/c28-25-22(17-19-9-11-21(12-10-19)36-16-15-35-20-7-3-1-4-8-20)26(34)29-27-32(25)30-23(37-27)18-24(33)31-13-5-2-6-14-31/h1,3-4,7-12,17-18,28,30H,2,5-6,13-16H2/b22-17-,23-18+,28-25?. The van der Waals surface area contributed by atoms with Gasteiger partial charge in [-0.25, -0.2) is 4.68 Å². The number of aromatic amines is 1. The van der Waals surface area contributed by atoms with Crippen molar-refractivity contribution in [1.29, 1.82) is 5.41 Å². The van der Waals surface area contributed by atoms with E-state index in [-0.39, 0.29) is 16.6 Å². The minimum atomic E-state index is -0.493. The van der Waals surface area contributed by atoms with Gasteiger partial charge in [0.25, 0.3) is 5.56 Å². The van der Waals surface area contributed by atoms with Crippen LogP contribution in [0.1, 0.15) is 24.8 Å². The third-order valence-corrected chi connectivity index (χ3v) is 6.88. The number of para-hydroxylation sites is 1. The Morgan fingerprint density at radius 3 is 2.38 bits per heavy atom. The molecule has 0 saturated carbocycles. The fourth-order valence-corrected chi connectivity index (χ4v) is 4.94. The van der Waals surface area contributed by atoms with Crippen LogP contribution in [0.25, 0.3) is 17.3 Å². The molecule has 3 aliphatic heterocycles. The molecule has 190 valence electrons. The third-order valence-electron chi connectivity index (χ3n) is 6.00. The average molecular weight is 518 g/mol. The van der Waals surface area contributed by atoms with E-state index in [2.05, 4.69) is 10.1 Å². The van der Waals surface area contributed by atoms with Gasteiger partial charge < -0.3 is 14.4 Å². The number of rotatable bonds is 7. The Labute approximate surface area is 216 Å². The number of nitrogens with one attached hydrogen (secondary N) is 2. The minimum absolute atomic E-state index is 0.0188. The molecule has 0 aliphatic carbocycles. The molecule has 1 amide bonds. The molecule has 10 heteroatoms. The highest BCUT2D eigenvalue weighted by molar-refractivity contribution is 7.11. The molecule has 0 spiro atoms. The first-order valence-electron chi connectivity index (χ1n) is 12.2. The number of benzene rings is 2. The van der Waals surface area contributed by atoms with Crippen LogP contribution in [0.15, 0.2) is 59.4 Å². The second-order valence-electron chi connectivity index (χ2n) is 8.63. The fraction of sp³-hybridized carbons (Fsp3) is 0.259. The molecule has 0 radical (unpaired) electrons. The predicted octanol–water partition coefficient (Wildman–Crippen LogP) is 1.62. The normalized spacial score (nSPS) is 14.8. The van der Waals surface area contributed by atoms with Crippen molar-refractivity contribution in [2.24, 2.45) is 0 Å². The molecule has 3 aliphatic rings. The first-order valence-corrected chi connectivity index (χ1v) is 13.0. The molecule has 0 unspecified atom stereocenters. The van der Waals surface area contributed by atoms with Crippen LogP contribution in [0.2, 0.25) is 0 Å². The zero-order valence-electron chi connectivity index (χ0n) is 20.2. The van der Waals surface area contributed by atoms with Gasteiger partial charge in [-0.1, -0.05) is 41.7 Å². The van der Waals surface area contributed by atoms with Crippen LogP contribution in [0.4, 0.5) is 0 Å². The molecule has 0 aromatic heterocycles. The Balaban J connectivity index is 1.31. The van der Waals surface area contributed by atoms with Crippen molar-refractivity contribution in [3.05, 3.63) is 85.9 Å². The summed E-state index contributed by atoms with van der Waals surface area (Å²) in [6, 6.07) is 16.8. The zero-order valence-corrected chi connectivity index (χ0v) is 21.0. The number of fused-ring (bicyclic) bond motifs is 1. The second kappa shape index (κ2) is 11.3. The quantitative estimate of drug-likeness (QED) is 0.362. The Morgan fingerprint density at radius 2 is 1.68 bits per heavy atom. The number of hydrogen-bond donors (Lipinski definition) is 2. The van der Waals surface area contributed by atoms with Crippen molar-refractivity contribution in [3.63, 3.8) is 0 Å². The van der Waals surface area contributed by atoms with Gasteiger partial charge in [0.2, 0.25) is 11.0 Å². The molecule has 37 heavy (non-hydrogen) atoms. The van der Waals surface area contributed by atoms with Crippen molar-refractivity contribution >= 4 is 29.4 Å². The summed E-state index contributed by atoms with van der Waals surface area (Å²) in [6.07, 6.45) is 6.31. The largest absolute Gasteiger partial charge is 0.490 e. The number of H-pyrrole nitrogens is 1. The van der Waals surface area contributed by atoms with Crippen molar-refractivity contribution in [2.45, 2.75) is 19.3 Å². The maximum Gasteiger partial charge on any atom is 0.283 e. The molecule has 2 aromatic carbocycles. The molecule has 0 atom stereocenters. The number of carbonyl (C=O) groups excluding carboxylic acids is 1. The SMILES string of the molecule is N=c1/c(=C/c2ccc(OCCOc3ccccc3)cc2)c(=O)nc2s/c(=C/C(=O)N3CCCCC3)[nH]n1-2. The van der Waals surface area contributed by atoms with Gasteiger partial charge in [-0.15, -0.1) is 0 Å². The number of likely N-dealkylation sites (tertiary alicyclic amines) is 1. The summed E-state index contributed by atoms with van der Waals surface area (Å²) in [5.41, 5.74) is 0.227. The highest BCUT2D eigenvalue weighted by Gasteiger charge is 2.16. The van der Waals surface area contributed by atoms with Gasteiger partial charge in [0, 0.05) is 19.2 Å². The molecule has 2 aromatic rings. The summed E-state index contributed by atoms with van der Waals surface area (Å²) in [6.45, 7) is 2.32. The Bertz CT molecular complexity index is 1570. The van der Waals surface area contributed by atoms with Gasteiger partial charge in [-0.05, 0) is 55.2 Å². The van der Waals surface area contributed by atoms with E-state index in [1.165, 1.54) is 22.1 Å². The molecule has 1 fully saturated rings. The lowest BCUT2D eigenvalue weighted by molar-refractivity contribution is -0.125. The van der Waals surface area contributed by atoms with E-state index >= 15 is 0 Å². The topological polar surface area (TPSA) is 113 Å². The molecule has 2 N–H and O–H groups in total. The Hall–Kier alpha value is -4.18. The van der Waals surface area contributed by atoms with Crippen molar-refractivity contribution < 1.29 is 14.3 Å². The van der Waals surface area contributed by atoms with E-state index in [4.69, 9.17) is 14.9 Å². The third kappa shape index (κ3) is 5.97. The highest BCUT2D eigenvalue weighted by Crippen LogP contribution is 2.13. The molecular formula is C27H27N5O4S. The van der Waals surface area contributed by atoms with Crippen LogP contribution in [0.5, 0.6) is 11.5 Å². The smallest absolute Gasteiger partial charge is 0.283 e. The number of hydrogen-bond acceptors (Lipinski definition) is 7. The van der Waals surface area contributed by atoms with Gasteiger partial charge in [0.1, 0.15) is 29.4 Å². The van der Waals surface area contributed by atoms with E-state index in [1.807, 2.05) is 47.4 Å². The molecule has 1 saturated heterocycles. The zero-order chi connectivity index (χ0) is 25.6. The van der Waals surface area contributed by atoms with Gasteiger partial charge in [0.15, 0.2) is 5.49 Å². The first-order chi connectivity index (χ1) is 18.1. The summed E-state index contributed by atoms with van der Waals surface area (Å²) >= 11 is 1.18. The van der Waals surface area contributed by atoms with Crippen molar-refractivity contribution in [1.82, 2.24) is 19.7 Å². The van der Waals surface area contributed by atoms with Gasteiger partial charge >= 0.3 is 0 Å². The predicted molar refractivity (Wildman–Crippen MR) is 141 cm³/mol. The lowest BCUT2D eigenvalue weighted by atomic mass is 10.1. The lowest BCUT2D eigenvalue weighted by Gasteiger charge is -2.25. The number of piperidine rings is 1. The summed E-state index contributed by atoms with van der Waals surface area (Å²) in [5.74, 6) is 1.40. The number of carbonyl (C=O) groups is 1. The summed E-state index contributed by atoms with van der Waals surface area (Å²) in [5, 5.41) is 12.1. The molecule has 9 nitrogen and oxygen atoms in total. The summed E-state index contributed by atoms with van der Waals surface area (Å²) in [4.78, 5) is 31.2. The van der Waals surface area contributed by atoms with Gasteiger partial charge in [0.05, 0.1) is 5.22 Å². The number of aromatic nitrogens is 3. The monoisotopic (exact) mass is 517 g/mol. The van der Waals surface area contributed by atoms with E-state index in [1.54, 1.807) is 18.2 Å². The van der Waals surface area contributed by atoms with Crippen LogP contribution < -0.4 is 30.4 Å². The Kier molecular flexibility index (Phi) is 7.46. The van der Waals surface area contributed by atoms with E-state index in [9.17, 15) is 9.59 Å². The average Bonchev–Trinajstić information content (AvgIpc) is 3.33. The lowest BCUT2D eigenvalue weighted by Crippen LogP contribution is -2.47. The van der Waals surface area contributed by atoms with Crippen molar-refractivity contribution in [3.8, 4) is 16.6 Å². The minimum Gasteiger partial charge on any atom is -0.490 e. The number of amides is 1. The van der Waals surface area contributed by atoms with E-state index < -0.39 is 5.56 Å². The Morgan fingerprint density at radius 1 is 1.00 bits per heavy atom. The molecule has 0 bridgehead atoms. The van der Waals surface area contributed by atoms with Gasteiger partial charge in [-0.2, -0.15) is 4.98 Å². The molecule has 5 rings (SSSR count). The van der Waals surface area contributed by atoms with E-state index in [0.29, 0.717) is 28.8 Å². The maximum atomic E-state index is 12.7. The van der Waals surface area contributed by atoms with Crippen LogP contribution in [-0.4, -0.2) is 51.9 Å². The van der Waals surface area contributed by atoms with Crippen LogP contribution in [-0.2, 0) is 4.79 Å². The number of nitrogens with zero attached hydrogens (tertiary/aromatic N) is 3. The van der Waals surface area contributed by atoms with E-state index in [0.717, 1.165) is 43.7 Å². The maximum absolute atomic E-state index is 12.7. The van der Waals surface area contributed by atoms with Crippen LogP contribution in [0, 0.1) is 5.41 Å². The molecule has 3 heterocycles. The van der Waals surface area contributed by atoms with Crippen LogP contribution >= 0.6 is 11.3 Å². The second-order valence-corrected chi connectivity index (χ2v) is 9.64. The van der Waals surface area contributed by atoms with Crippen molar-refractivity contribution in [2.75, 3.05) is 26.3 Å². The van der Waals surface area contributed by atoms with Gasteiger partial charge in [-0.3, -0.25) is 20.1 Å².